The molecule has 0 aliphatic heterocycles. The maximum absolute atomic E-state index is 11.1. The van der Waals surface area contributed by atoms with Crippen molar-refractivity contribution in [3.63, 3.8) is 0 Å². The van der Waals surface area contributed by atoms with Gasteiger partial charge >= 0.3 is 5.97 Å². The quantitative estimate of drug-likeness (QED) is 0.766. The van der Waals surface area contributed by atoms with Gasteiger partial charge in [-0.05, 0) is 24.3 Å². The van der Waals surface area contributed by atoms with E-state index in [9.17, 15) is 4.79 Å². The molecule has 1 atom stereocenters. The lowest BCUT2D eigenvalue weighted by molar-refractivity contribution is -0.140. The predicted octanol–water partition coefficient (Wildman–Crippen LogP) is 2.29. The van der Waals surface area contributed by atoms with E-state index in [2.05, 4.69) is 34.3 Å². The summed E-state index contributed by atoms with van der Waals surface area (Å²) in [6.07, 6.45) is 3.00. The first-order valence-corrected chi connectivity index (χ1v) is 6.16. The molecule has 1 saturated carbocycles. The Balaban J connectivity index is 1.88. The van der Waals surface area contributed by atoms with Crippen LogP contribution in [0.4, 0.5) is 0 Å². The molecule has 1 aromatic carbocycles. The molecule has 17 heavy (non-hydrogen) atoms. The molecule has 3 heteroatoms. The molecule has 0 spiro atoms. The predicted molar refractivity (Wildman–Crippen MR) is 66.5 cm³/mol. The smallest absolute Gasteiger partial charge is 0.306 e. The highest BCUT2D eigenvalue weighted by Gasteiger charge is 2.31. The van der Waals surface area contributed by atoms with Crippen LogP contribution in [-0.2, 0) is 9.53 Å². The molecule has 1 unspecified atom stereocenters. The number of esters is 1. The second-order valence-corrected chi connectivity index (χ2v) is 4.51. The summed E-state index contributed by atoms with van der Waals surface area (Å²) in [5.74, 6) is 0.579. The van der Waals surface area contributed by atoms with Crippen molar-refractivity contribution >= 4 is 5.97 Å². The van der Waals surface area contributed by atoms with Crippen molar-refractivity contribution in [2.24, 2.45) is 5.92 Å². The van der Waals surface area contributed by atoms with Crippen LogP contribution in [-0.4, -0.2) is 19.6 Å². The van der Waals surface area contributed by atoms with Crippen molar-refractivity contribution in [1.29, 1.82) is 0 Å². The standard InChI is InChI=1S/C14H19NO2/c1-17-13(16)9-10-15-14(12-7-8-12)11-5-3-2-4-6-11/h2-6,12,14-15H,7-10H2,1H3. The van der Waals surface area contributed by atoms with Crippen molar-refractivity contribution in [3.8, 4) is 0 Å². The van der Waals surface area contributed by atoms with Gasteiger partial charge in [0.25, 0.3) is 0 Å². The fourth-order valence-electron chi connectivity index (χ4n) is 2.08. The maximum atomic E-state index is 11.1. The normalized spacial score (nSPS) is 16.5. The Morgan fingerprint density at radius 1 is 1.41 bits per heavy atom. The number of nitrogens with one attached hydrogen (secondary N) is 1. The van der Waals surface area contributed by atoms with Crippen molar-refractivity contribution in [2.75, 3.05) is 13.7 Å². The van der Waals surface area contributed by atoms with Gasteiger partial charge in [-0.25, -0.2) is 0 Å². The van der Waals surface area contributed by atoms with E-state index in [0.717, 1.165) is 5.92 Å². The molecule has 1 N–H and O–H groups in total. The van der Waals surface area contributed by atoms with Gasteiger partial charge in [0.15, 0.2) is 0 Å². The lowest BCUT2D eigenvalue weighted by Crippen LogP contribution is -2.25. The summed E-state index contributed by atoms with van der Waals surface area (Å²) in [7, 11) is 1.43. The third-order valence-electron chi connectivity index (χ3n) is 3.17. The molecule has 1 aliphatic rings. The van der Waals surface area contributed by atoms with Gasteiger partial charge in [0.1, 0.15) is 0 Å². The Morgan fingerprint density at radius 3 is 2.71 bits per heavy atom. The van der Waals surface area contributed by atoms with E-state index in [-0.39, 0.29) is 5.97 Å². The Bertz CT molecular complexity index is 360. The van der Waals surface area contributed by atoms with E-state index in [1.54, 1.807) is 0 Å². The van der Waals surface area contributed by atoms with Gasteiger partial charge < -0.3 is 10.1 Å². The lowest BCUT2D eigenvalue weighted by Gasteiger charge is -2.18. The summed E-state index contributed by atoms with van der Waals surface area (Å²) in [4.78, 5) is 11.1. The first-order valence-electron chi connectivity index (χ1n) is 6.16. The summed E-state index contributed by atoms with van der Waals surface area (Å²) in [6.45, 7) is 0.683. The van der Waals surface area contributed by atoms with E-state index in [1.807, 2.05) is 6.07 Å². The van der Waals surface area contributed by atoms with Crippen LogP contribution in [0, 0.1) is 5.92 Å². The topological polar surface area (TPSA) is 38.3 Å². The van der Waals surface area contributed by atoms with E-state index < -0.39 is 0 Å². The molecule has 0 heterocycles. The molecule has 1 aromatic rings. The molecule has 0 aromatic heterocycles. The van der Waals surface area contributed by atoms with Crippen LogP contribution in [0.25, 0.3) is 0 Å². The van der Waals surface area contributed by atoms with Crippen LogP contribution < -0.4 is 5.32 Å². The Labute approximate surface area is 102 Å². The summed E-state index contributed by atoms with van der Waals surface area (Å²) in [5.41, 5.74) is 1.32. The van der Waals surface area contributed by atoms with Crippen molar-refractivity contribution in [2.45, 2.75) is 25.3 Å². The minimum absolute atomic E-state index is 0.153. The van der Waals surface area contributed by atoms with Crippen LogP contribution >= 0.6 is 0 Å². The Kier molecular flexibility index (Phi) is 4.15. The van der Waals surface area contributed by atoms with Gasteiger partial charge in [-0.2, -0.15) is 0 Å². The first-order chi connectivity index (χ1) is 8.31. The van der Waals surface area contributed by atoms with Gasteiger partial charge in [0.05, 0.1) is 13.5 Å². The minimum atomic E-state index is -0.153. The van der Waals surface area contributed by atoms with Gasteiger partial charge in [-0.1, -0.05) is 30.3 Å². The zero-order valence-electron chi connectivity index (χ0n) is 10.2. The zero-order chi connectivity index (χ0) is 12.1. The number of ether oxygens (including phenoxy) is 1. The van der Waals surface area contributed by atoms with Crippen LogP contribution in [0.1, 0.15) is 30.9 Å². The summed E-state index contributed by atoms with van der Waals surface area (Å²) in [5, 5.41) is 3.46. The second-order valence-electron chi connectivity index (χ2n) is 4.51. The molecule has 1 aliphatic carbocycles. The number of benzene rings is 1. The third-order valence-corrected chi connectivity index (χ3v) is 3.17. The van der Waals surface area contributed by atoms with E-state index in [0.29, 0.717) is 19.0 Å². The highest BCUT2D eigenvalue weighted by Crippen LogP contribution is 2.40. The largest absolute Gasteiger partial charge is 0.469 e. The number of rotatable bonds is 6. The molecule has 3 nitrogen and oxygen atoms in total. The first kappa shape index (κ1) is 12.1. The van der Waals surface area contributed by atoms with Crippen molar-refractivity contribution < 1.29 is 9.53 Å². The summed E-state index contributed by atoms with van der Waals surface area (Å²) >= 11 is 0. The summed E-state index contributed by atoms with van der Waals surface area (Å²) in [6, 6.07) is 10.8. The molecule has 0 saturated heterocycles. The number of methoxy groups -OCH3 is 1. The van der Waals surface area contributed by atoms with Crippen molar-refractivity contribution in [3.05, 3.63) is 35.9 Å². The van der Waals surface area contributed by atoms with E-state index in [4.69, 9.17) is 0 Å². The van der Waals surface area contributed by atoms with Gasteiger partial charge in [0, 0.05) is 12.6 Å². The molecular weight excluding hydrogens is 214 g/mol. The van der Waals surface area contributed by atoms with Gasteiger partial charge in [-0.15, -0.1) is 0 Å². The fraction of sp³-hybridized carbons (Fsp3) is 0.500. The molecular formula is C14H19NO2. The monoisotopic (exact) mass is 233 g/mol. The van der Waals surface area contributed by atoms with Gasteiger partial charge in [-0.3, -0.25) is 4.79 Å². The molecule has 2 rings (SSSR count). The van der Waals surface area contributed by atoms with Crippen LogP contribution in [0.3, 0.4) is 0 Å². The zero-order valence-corrected chi connectivity index (χ0v) is 10.2. The number of carbonyl (C=O) groups excluding carboxylic acids is 1. The Morgan fingerprint density at radius 2 is 2.12 bits per heavy atom. The molecule has 0 radical (unpaired) electrons. The fourth-order valence-corrected chi connectivity index (χ4v) is 2.08. The lowest BCUT2D eigenvalue weighted by atomic mass is 10.0. The minimum Gasteiger partial charge on any atom is -0.469 e. The average molecular weight is 233 g/mol. The van der Waals surface area contributed by atoms with Crippen LogP contribution in [0.5, 0.6) is 0 Å². The van der Waals surface area contributed by atoms with Crippen LogP contribution in [0.15, 0.2) is 30.3 Å². The second kappa shape index (κ2) is 5.82. The third kappa shape index (κ3) is 3.56. The number of carbonyl (C=O) groups is 1. The highest BCUT2D eigenvalue weighted by atomic mass is 16.5. The van der Waals surface area contributed by atoms with Crippen molar-refractivity contribution in [1.82, 2.24) is 5.32 Å². The number of hydrogen-bond donors (Lipinski definition) is 1. The van der Waals surface area contributed by atoms with E-state index in [1.165, 1.54) is 25.5 Å². The maximum Gasteiger partial charge on any atom is 0.306 e. The highest BCUT2D eigenvalue weighted by molar-refractivity contribution is 5.69. The average Bonchev–Trinajstić information content (AvgIpc) is 3.19. The molecule has 92 valence electrons. The van der Waals surface area contributed by atoms with Gasteiger partial charge in [0.2, 0.25) is 0 Å². The Hall–Kier alpha value is -1.35. The molecule has 0 bridgehead atoms. The molecule has 0 amide bonds. The summed E-state index contributed by atoms with van der Waals surface area (Å²) < 4.78 is 4.63. The number of hydrogen-bond acceptors (Lipinski definition) is 3. The van der Waals surface area contributed by atoms with Crippen LogP contribution in [0.2, 0.25) is 0 Å². The van der Waals surface area contributed by atoms with E-state index >= 15 is 0 Å². The SMILES string of the molecule is COC(=O)CCNC(c1ccccc1)C1CC1. The molecule has 1 fully saturated rings.